The Morgan fingerprint density at radius 1 is 0.613 bits per heavy atom. The normalized spacial score (nSPS) is 18.2. The maximum atomic E-state index is 13.7. The lowest BCUT2D eigenvalue weighted by Crippen LogP contribution is -2.42. The van der Waals surface area contributed by atoms with E-state index in [2.05, 4.69) is 43.9 Å². The summed E-state index contributed by atoms with van der Waals surface area (Å²) in [6, 6.07) is 19.2. The number of nitrogens with one attached hydrogen (secondary N) is 1. The number of hydrogen-bond acceptors (Lipinski definition) is 11. The molecule has 2 aliphatic heterocycles. The molecule has 0 radical (unpaired) electrons. The van der Waals surface area contributed by atoms with Crippen molar-refractivity contribution >= 4 is 5.82 Å². The van der Waals surface area contributed by atoms with Crippen LogP contribution in [0.1, 0.15) is 83.4 Å². The molecular formula is C48H54F3N7O4. The molecule has 2 saturated heterocycles. The van der Waals surface area contributed by atoms with E-state index in [-0.39, 0.29) is 17.5 Å². The van der Waals surface area contributed by atoms with Gasteiger partial charge in [-0.3, -0.25) is 0 Å². The van der Waals surface area contributed by atoms with Gasteiger partial charge in [0.25, 0.3) is 0 Å². The van der Waals surface area contributed by atoms with E-state index < -0.39 is 17.1 Å². The Labute approximate surface area is 360 Å². The molecule has 2 aromatic carbocycles. The minimum atomic E-state index is -1.19. The molecule has 3 N–H and O–H groups in total. The molecule has 0 amide bonds. The SMILES string of the molecule is CCN1CCC(O)(c2nc(-c3ccc(F)cc3)c(-c3ccnc(F)c3)o2)CC1.CCN1CCC(O)(c2nc(-c3ccc(F)cc3)c(-c3ccnc(NC4CCCCC4)c3)o2)CC1. The Kier molecular flexibility index (Phi) is 13.2. The van der Waals surface area contributed by atoms with E-state index >= 15 is 0 Å². The number of halogens is 3. The van der Waals surface area contributed by atoms with Crippen LogP contribution in [0.2, 0.25) is 0 Å². The number of hydrogen-bond donors (Lipinski definition) is 3. The number of piperidine rings is 2. The molecule has 62 heavy (non-hydrogen) atoms. The minimum Gasteiger partial charge on any atom is -0.437 e. The highest BCUT2D eigenvalue weighted by Crippen LogP contribution is 2.42. The van der Waals surface area contributed by atoms with Gasteiger partial charge in [-0.25, -0.2) is 28.7 Å². The van der Waals surface area contributed by atoms with E-state index in [1.54, 1.807) is 36.5 Å². The van der Waals surface area contributed by atoms with E-state index in [1.165, 1.54) is 55.8 Å². The van der Waals surface area contributed by atoms with Crippen molar-refractivity contribution in [1.82, 2.24) is 29.7 Å². The van der Waals surface area contributed by atoms with Gasteiger partial charge >= 0.3 is 0 Å². The lowest BCUT2D eigenvalue weighted by atomic mass is 9.91. The monoisotopic (exact) mass is 849 g/mol. The number of aromatic nitrogens is 4. The van der Waals surface area contributed by atoms with Crippen LogP contribution < -0.4 is 5.32 Å². The van der Waals surface area contributed by atoms with Crippen molar-refractivity contribution in [2.75, 3.05) is 44.6 Å². The van der Waals surface area contributed by atoms with E-state index in [4.69, 9.17) is 13.8 Å². The zero-order chi connectivity index (χ0) is 43.3. The summed E-state index contributed by atoms with van der Waals surface area (Å²) < 4.78 is 53.0. The predicted molar refractivity (Wildman–Crippen MR) is 231 cm³/mol. The van der Waals surface area contributed by atoms with Gasteiger partial charge in [-0.2, -0.15) is 4.39 Å². The summed E-state index contributed by atoms with van der Waals surface area (Å²) in [6.45, 7) is 9.15. The molecule has 3 fully saturated rings. The quantitative estimate of drug-likeness (QED) is 0.114. The van der Waals surface area contributed by atoms with Gasteiger partial charge < -0.3 is 34.2 Å². The zero-order valence-electron chi connectivity index (χ0n) is 35.3. The fraction of sp³-hybridized carbons (Fsp3) is 0.417. The number of aliphatic hydroxyl groups is 2. The standard InChI is InChI=1S/C27H33FN4O2.C21H21F2N3O2/c1-2-32-16-13-27(33,14-17-32)26-31-24(19-8-10-21(28)11-9-19)25(34-26)20-12-15-29-23(18-20)30-22-6-4-3-5-7-22;1-2-26-11-8-21(27,9-12-26)20-25-18(14-3-5-16(22)6-4-14)19(28-20)15-7-10-24-17(23)13-15/h8-12,15,18,22,33H,2-7,13-14,16-17H2,1H3,(H,29,30);3-7,10,13,27H,2,8-9,11-12H2,1H3. The molecule has 1 aliphatic carbocycles. The van der Waals surface area contributed by atoms with Crippen LogP contribution in [0.25, 0.3) is 45.2 Å². The Bertz CT molecular complexity index is 2400. The Balaban J connectivity index is 0.000000174. The van der Waals surface area contributed by atoms with Crippen molar-refractivity contribution in [2.45, 2.75) is 88.9 Å². The highest BCUT2D eigenvalue weighted by Gasteiger charge is 2.40. The lowest BCUT2D eigenvalue weighted by Gasteiger charge is -2.35. The molecule has 6 aromatic rings. The number of anilines is 1. The molecule has 9 rings (SSSR count). The molecule has 0 unspecified atom stereocenters. The van der Waals surface area contributed by atoms with Crippen molar-refractivity contribution in [1.29, 1.82) is 0 Å². The molecule has 11 nitrogen and oxygen atoms in total. The molecular weight excluding hydrogens is 796 g/mol. The van der Waals surface area contributed by atoms with Crippen molar-refractivity contribution < 1.29 is 32.2 Å². The highest BCUT2D eigenvalue weighted by molar-refractivity contribution is 5.78. The van der Waals surface area contributed by atoms with E-state index in [9.17, 15) is 23.4 Å². The number of benzene rings is 2. The third-order valence-corrected chi connectivity index (χ3v) is 12.5. The van der Waals surface area contributed by atoms with Crippen LogP contribution in [-0.2, 0) is 11.2 Å². The van der Waals surface area contributed by atoms with Gasteiger partial charge in [0.15, 0.2) is 11.5 Å². The molecule has 6 heterocycles. The number of oxazole rings is 2. The molecule has 0 spiro atoms. The van der Waals surface area contributed by atoms with Gasteiger partial charge in [0.2, 0.25) is 17.7 Å². The van der Waals surface area contributed by atoms with Gasteiger partial charge in [0.05, 0.1) is 0 Å². The topological polar surface area (TPSA) is 137 Å². The van der Waals surface area contributed by atoms with Gasteiger partial charge in [0, 0.05) is 72.9 Å². The summed E-state index contributed by atoms with van der Waals surface area (Å²) in [5.74, 6) is 0.928. The van der Waals surface area contributed by atoms with Crippen LogP contribution in [0.3, 0.4) is 0 Å². The maximum absolute atomic E-state index is 13.7. The fourth-order valence-electron chi connectivity index (χ4n) is 8.59. The second-order valence-electron chi connectivity index (χ2n) is 16.6. The Hall–Kier alpha value is -5.41. The molecule has 0 atom stereocenters. The van der Waals surface area contributed by atoms with Gasteiger partial charge in [-0.1, -0.05) is 33.1 Å². The average Bonchev–Trinajstić information content (AvgIpc) is 3.96. The Morgan fingerprint density at radius 3 is 1.52 bits per heavy atom. The summed E-state index contributed by atoms with van der Waals surface area (Å²) in [5, 5.41) is 26.2. The van der Waals surface area contributed by atoms with Gasteiger partial charge in [0.1, 0.15) is 40.0 Å². The number of nitrogens with zero attached hydrogens (tertiary/aromatic N) is 6. The van der Waals surface area contributed by atoms with Crippen LogP contribution in [0.15, 0.2) is 94.0 Å². The smallest absolute Gasteiger partial charge is 0.227 e. The lowest BCUT2D eigenvalue weighted by molar-refractivity contribution is -0.0449. The predicted octanol–water partition coefficient (Wildman–Crippen LogP) is 9.58. The number of pyridine rings is 2. The van der Waals surface area contributed by atoms with Crippen molar-refractivity contribution in [3.63, 3.8) is 0 Å². The summed E-state index contributed by atoms with van der Waals surface area (Å²) in [6.07, 6.45) is 11.3. The first-order chi connectivity index (χ1) is 30.0. The van der Waals surface area contributed by atoms with Crippen molar-refractivity contribution in [3.8, 4) is 45.2 Å². The largest absolute Gasteiger partial charge is 0.437 e. The van der Waals surface area contributed by atoms with Crippen LogP contribution in [-0.4, -0.2) is 85.3 Å². The zero-order valence-corrected chi connectivity index (χ0v) is 35.3. The molecule has 4 aromatic heterocycles. The third-order valence-electron chi connectivity index (χ3n) is 12.5. The molecule has 0 bridgehead atoms. The van der Waals surface area contributed by atoms with Crippen LogP contribution in [0.5, 0.6) is 0 Å². The molecule has 14 heteroatoms. The third kappa shape index (κ3) is 9.78. The average molecular weight is 850 g/mol. The first-order valence-corrected chi connectivity index (χ1v) is 21.8. The van der Waals surface area contributed by atoms with Crippen molar-refractivity contribution in [3.05, 3.63) is 115 Å². The van der Waals surface area contributed by atoms with Crippen LogP contribution in [0, 0.1) is 17.6 Å². The second-order valence-corrected chi connectivity index (χ2v) is 16.6. The van der Waals surface area contributed by atoms with Crippen LogP contribution in [0.4, 0.5) is 19.0 Å². The fourth-order valence-corrected chi connectivity index (χ4v) is 8.59. The molecule has 1 saturated carbocycles. The summed E-state index contributed by atoms with van der Waals surface area (Å²) in [4.78, 5) is 22.0. The molecule has 3 aliphatic rings. The Morgan fingerprint density at radius 2 is 1.06 bits per heavy atom. The molecule has 326 valence electrons. The first kappa shape index (κ1) is 43.2. The minimum absolute atomic E-state index is 0.204. The highest BCUT2D eigenvalue weighted by atomic mass is 19.1. The van der Waals surface area contributed by atoms with Gasteiger partial charge in [-0.15, -0.1) is 0 Å². The van der Waals surface area contributed by atoms with Crippen molar-refractivity contribution in [2.24, 2.45) is 0 Å². The number of likely N-dealkylation sites (tertiary alicyclic amines) is 2. The van der Waals surface area contributed by atoms with E-state index in [0.29, 0.717) is 71.7 Å². The van der Waals surface area contributed by atoms with Gasteiger partial charge in [-0.05, 0) is 118 Å². The summed E-state index contributed by atoms with van der Waals surface area (Å²) in [5.41, 5.74) is 1.40. The second kappa shape index (κ2) is 18.9. The van der Waals surface area contributed by atoms with E-state index in [1.807, 2.05) is 12.1 Å². The van der Waals surface area contributed by atoms with Crippen LogP contribution >= 0.6 is 0 Å². The maximum Gasteiger partial charge on any atom is 0.227 e. The summed E-state index contributed by atoms with van der Waals surface area (Å²) in [7, 11) is 0. The first-order valence-electron chi connectivity index (χ1n) is 21.8. The number of rotatable bonds is 10. The summed E-state index contributed by atoms with van der Waals surface area (Å²) >= 11 is 0. The van der Waals surface area contributed by atoms with E-state index in [0.717, 1.165) is 69.1 Å².